The maximum Gasteiger partial charge on any atom is 0.145 e. The minimum Gasteiger partial charge on any atom is -0.396 e. The molecule has 0 aliphatic carbocycles. The Morgan fingerprint density at radius 1 is 1.41 bits per heavy atom. The van der Waals surface area contributed by atoms with E-state index in [2.05, 4.69) is 14.9 Å². The van der Waals surface area contributed by atoms with Crippen LogP contribution in [0.1, 0.15) is 5.01 Å². The molecule has 90 valence electrons. The highest BCUT2D eigenvalue weighted by atomic mass is 32.1. The fourth-order valence-electron chi connectivity index (χ4n) is 2.10. The van der Waals surface area contributed by atoms with Crippen LogP contribution < -0.4 is 10.6 Å². The van der Waals surface area contributed by atoms with Gasteiger partial charge in [-0.15, -0.1) is 0 Å². The fourth-order valence-corrected chi connectivity index (χ4v) is 2.86. The van der Waals surface area contributed by atoms with Crippen LogP contribution in [0.3, 0.4) is 0 Å². The summed E-state index contributed by atoms with van der Waals surface area (Å²) in [6.45, 7) is 5.20. The van der Waals surface area contributed by atoms with E-state index < -0.39 is 0 Å². The number of thiazole rings is 1. The molecule has 0 aromatic carbocycles. The number of hydrogen-bond donors (Lipinski definition) is 1. The number of nitrogen functional groups attached to an aromatic ring is 1. The number of rotatable bonds is 1. The van der Waals surface area contributed by atoms with E-state index in [1.54, 1.807) is 17.5 Å². The smallest absolute Gasteiger partial charge is 0.145 e. The molecule has 2 N–H and O–H groups in total. The number of nitrogens with zero attached hydrogens (tertiary/aromatic N) is 3. The van der Waals surface area contributed by atoms with Crippen LogP contribution in [0.5, 0.6) is 0 Å². The highest BCUT2D eigenvalue weighted by Gasteiger charge is 2.19. The van der Waals surface area contributed by atoms with Crippen molar-refractivity contribution in [3.63, 3.8) is 0 Å². The third kappa shape index (κ3) is 1.83. The van der Waals surface area contributed by atoms with Crippen molar-refractivity contribution in [2.45, 2.75) is 6.92 Å². The highest BCUT2D eigenvalue weighted by Crippen LogP contribution is 2.33. The SMILES string of the molecule is Cc1nc2c(N3CCOCC3)c(N)cnc2s1. The summed E-state index contributed by atoms with van der Waals surface area (Å²) in [7, 11) is 0. The van der Waals surface area contributed by atoms with E-state index >= 15 is 0 Å². The van der Waals surface area contributed by atoms with Gasteiger partial charge in [0.1, 0.15) is 10.3 Å². The molecule has 0 spiro atoms. The molecule has 0 atom stereocenters. The molecule has 0 amide bonds. The Kier molecular flexibility index (Phi) is 2.60. The first-order chi connectivity index (χ1) is 8.25. The topological polar surface area (TPSA) is 64.3 Å². The minimum absolute atomic E-state index is 0.699. The molecule has 0 bridgehead atoms. The first kappa shape index (κ1) is 10.7. The van der Waals surface area contributed by atoms with E-state index in [9.17, 15) is 0 Å². The van der Waals surface area contributed by atoms with Gasteiger partial charge in [-0.1, -0.05) is 11.3 Å². The van der Waals surface area contributed by atoms with Crippen molar-refractivity contribution in [3.8, 4) is 0 Å². The Hall–Kier alpha value is -1.40. The summed E-state index contributed by atoms with van der Waals surface area (Å²) in [6.07, 6.45) is 1.73. The molecule has 1 aliphatic heterocycles. The van der Waals surface area contributed by atoms with Crippen LogP contribution in [0, 0.1) is 6.92 Å². The Morgan fingerprint density at radius 3 is 2.94 bits per heavy atom. The monoisotopic (exact) mass is 250 g/mol. The molecule has 0 unspecified atom stereocenters. The first-order valence-electron chi connectivity index (χ1n) is 5.60. The number of fused-ring (bicyclic) bond motifs is 1. The van der Waals surface area contributed by atoms with Crippen LogP contribution in [0.4, 0.5) is 11.4 Å². The summed E-state index contributed by atoms with van der Waals surface area (Å²) in [5, 5.41) is 1.02. The molecule has 2 aromatic heterocycles. The number of anilines is 2. The van der Waals surface area contributed by atoms with Crippen molar-refractivity contribution in [2.24, 2.45) is 0 Å². The maximum absolute atomic E-state index is 6.05. The molecule has 5 nitrogen and oxygen atoms in total. The van der Waals surface area contributed by atoms with Gasteiger partial charge in [-0.2, -0.15) is 0 Å². The van der Waals surface area contributed by atoms with Gasteiger partial charge < -0.3 is 15.4 Å². The zero-order chi connectivity index (χ0) is 11.8. The van der Waals surface area contributed by atoms with E-state index in [4.69, 9.17) is 10.5 Å². The third-order valence-electron chi connectivity index (χ3n) is 2.86. The van der Waals surface area contributed by atoms with Crippen LogP contribution in [-0.4, -0.2) is 36.3 Å². The van der Waals surface area contributed by atoms with Crippen LogP contribution >= 0.6 is 11.3 Å². The summed E-state index contributed by atoms with van der Waals surface area (Å²) in [6, 6.07) is 0. The Balaban J connectivity index is 2.14. The summed E-state index contributed by atoms with van der Waals surface area (Å²) >= 11 is 1.60. The predicted octanol–water partition coefficient (Wildman–Crippen LogP) is 1.42. The van der Waals surface area contributed by atoms with Crippen molar-refractivity contribution >= 4 is 33.1 Å². The lowest BCUT2D eigenvalue weighted by molar-refractivity contribution is 0.123. The minimum atomic E-state index is 0.699. The number of ether oxygens (including phenoxy) is 1. The van der Waals surface area contributed by atoms with Crippen LogP contribution in [0.25, 0.3) is 10.3 Å². The van der Waals surface area contributed by atoms with Crippen molar-refractivity contribution < 1.29 is 4.74 Å². The zero-order valence-electron chi connectivity index (χ0n) is 9.64. The standard InChI is InChI=1S/C11H14N4OS/c1-7-14-9-10(15-2-4-16-5-3-15)8(12)6-13-11(9)17-7/h6H,2-5,12H2,1H3. The second-order valence-electron chi connectivity index (χ2n) is 4.05. The second-order valence-corrected chi connectivity index (χ2v) is 5.23. The molecule has 1 fully saturated rings. The number of nitrogens with two attached hydrogens (primary N) is 1. The molecule has 1 saturated heterocycles. The zero-order valence-corrected chi connectivity index (χ0v) is 10.5. The lowest BCUT2D eigenvalue weighted by atomic mass is 10.2. The van der Waals surface area contributed by atoms with Gasteiger partial charge >= 0.3 is 0 Å². The molecule has 0 saturated carbocycles. The molecular weight excluding hydrogens is 236 g/mol. The first-order valence-corrected chi connectivity index (χ1v) is 6.41. The van der Waals surface area contributed by atoms with Gasteiger partial charge in [0.2, 0.25) is 0 Å². The number of aromatic nitrogens is 2. The highest BCUT2D eigenvalue weighted by molar-refractivity contribution is 7.18. The van der Waals surface area contributed by atoms with Crippen molar-refractivity contribution in [2.75, 3.05) is 36.9 Å². The molecular formula is C11H14N4OS. The second kappa shape index (κ2) is 4.12. The molecule has 2 aromatic rings. The number of hydrogen-bond acceptors (Lipinski definition) is 6. The van der Waals surface area contributed by atoms with E-state index in [1.807, 2.05) is 6.92 Å². The van der Waals surface area contributed by atoms with Gasteiger partial charge in [-0.3, -0.25) is 0 Å². The van der Waals surface area contributed by atoms with Gasteiger partial charge in [-0.05, 0) is 6.92 Å². The molecule has 6 heteroatoms. The van der Waals surface area contributed by atoms with Crippen molar-refractivity contribution in [1.82, 2.24) is 9.97 Å². The van der Waals surface area contributed by atoms with Crippen molar-refractivity contribution in [1.29, 1.82) is 0 Å². The molecule has 0 radical (unpaired) electrons. The summed E-state index contributed by atoms with van der Waals surface area (Å²) in [4.78, 5) is 12.1. The Morgan fingerprint density at radius 2 is 2.18 bits per heavy atom. The lowest BCUT2D eigenvalue weighted by Gasteiger charge is -2.29. The quantitative estimate of drug-likeness (QED) is 0.829. The fraction of sp³-hybridized carbons (Fsp3) is 0.455. The van der Waals surface area contributed by atoms with E-state index in [1.165, 1.54) is 0 Å². The summed E-state index contributed by atoms with van der Waals surface area (Å²) in [5.41, 5.74) is 8.69. The van der Waals surface area contributed by atoms with Crippen LogP contribution in [0.15, 0.2) is 6.20 Å². The maximum atomic E-state index is 6.05. The molecule has 3 heterocycles. The van der Waals surface area contributed by atoms with E-state index in [0.29, 0.717) is 5.69 Å². The van der Waals surface area contributed by atoms with Crippen LogP contribution in [0.2, 0.25) is 0 Å². The summed E-state index contributed by atoms with van der Waals surface area (Å²) in [5.74, 6) is 0. The third-order valence-corrected chi connectivity index (χ3v) is 3.74. The van der Waals surface area contributed by atoms with E-state index in [0.717, 1.165) is 47.3 Å². The molecule has 17 heavy (non-hydrogen) atoms. The number of morpholine rings is 1. The van der Waals surface area contributed by atoms with Gasteiger partial charge in [0.25, 0.3) is 0 Å². The van der Waals surface area contributed by atoms with Crippen LogP contribution in [-0.2, 0) is 4.74 Å². The van der Waals surface area contributed by atoms with Gasteiger partial charge in [0.15, 0.2) is 0 Å². The lowest BCUT2D eigenvalue weighted by Crippen LogP contribution is -2.36. The largest absolute Gasteiger partial charge is 0.396 e. The predicted molar refractivity (Wildman–Crippen MR) is 69.6 cm³/mol. The average Bonchev–Trinajstić information content (AvgIpc) is 2.70. The summed E-state index contributed by atoms with van der Waals surface area (Å²) < 4.78 is 5.36. The van der Waals surface area contributed by atoms with E-state index in [-0.39, 0.29) is 0 Å². The molecule has 3 rings (SSSR count). The van der Waals surface area contributed by atoms with Gasteiger partial charge in [0, 0.05) is 13.1 Å². The van der Waals surface area contributed by atoms with Gasteiger partial charge in [-0.25, -0.2) is 9.97 Å². The van der Waals surface area contributed by atoms with Gasteiger partial charge in [0.05, 0.1) is 35.8 Å². The Bertz CT molecular complexity index is 548. The molecule has 1 aliphatic rings. The number of pyridine rings is 1. The Labute approximate surface area is 103 Å². The number of aryl methyl sites for hydroxylation is 1. The normalized spacial score (nSPS) is 16.6. The average molecular weight is 250 g/mol. The van der Waals surface area contributed by atoms with Crippen molar-refractivity contribution in [3.05, 3.63) is 11.2 Å².